The Morgan fingerprint density at radius 1 is 1.04 bits per heavy atom. The molecule has 0 saturated heterocycles. The Labute approximate surface area is 154 Å². The summed E-state index contributed by atoms with van der Waals surface area (Å²) in [6.45, 7) is 5.89. The van der Waals surface area contributed by atoms with Gasteiger partial charge in [-0.25, -0.2) is 4.98 Å². The average molecular weight is 339 g/mol. The van der Waals surface area contributed by atoms with Crippen molar-refractivity contribution in [3.05, 3.63) is 90.9 Å². The van der Waals surface area contributed by atoms with Crippen molar-refractivity contribution in [2.75, 3.05) is 7.05 Å². The van der Waals surface area contributed by atoms with Gasteiger partial charge in [-0.3, -0.25) is 9.98 Å². The van der Waals surface area contributed by atoms with E-state index in [0.29, 0.717) is 0 Å². The first-order valence-corrected chi connectivity index (χ1v) is 8.46. The van der Waals surface area contributed by atoms with Crippen molar-refractivity contribution in [3.63, 3.8) is 0 Å². The summed E-state index contributed by atoms with van der Waals surface area (Å²) in [5.41, 5.74) is 7.12. The standard InChI is InChI=1S/C23H21N3/c1-4-6-19(15-24-3)22-13-21(18-10-8-17(2)9-11-18)14-23(26-22)20-7-5-12-25-16-20/h4-16H,1H2,2-3H3/b19-6+,24-15?. The van der Waals surface area contributed by atoms with Crippen molar-refractivity contribution in [1.82, 2.24) is 9.97 Å². The number of benzene rings is 1. The first-order chi connectivity index (χ1) is 12.7. The van der Waals surface area contributed by atoms with Crippen LogP contribution in [0.2, 0.25) is 0 Å². The molecule has 0 fully saturated rings. The maximum atomic E-state index is 4.84. The highest BCUT2D eigenvalue weighted by Gasteiger charge is 2.09. The SMILES string of the molecule is C=C/C=C(\C=NC)c1cc(-c2ccc(C)cc2)cc(-c2cccnc2)n1. The summed E-state index contributed by atoms with van der Waals surface area (Å²) < 4.78 is 0. The lowest BCUT2D eigenvalue weighted by Gasteiger charge is -2.10. The van der Waals surface area contributed by atoms with E-state index in [-0.39, 0.29) is 0 Å². The zero-order valence-corrected chi connectivity index (χ0v) is 15.1. The molecule has 0 spiro atoms. The zero-order chi connectivity index (χ0) is 18.4. The van der Waals surface area contributed by atoms with E-state index in [9.17, 15) is 0 Å². The molecule has 0 radical (unpaired) electrons. The van der Waals surface area contributed by atoms with E-state index in [1.165, 1.54) is 5.56 Å². The zero-order valence-electron chi connectivity index (χ0n) is 15.1. The fourth-order valence-electron chi connectivity index (χ4n) is 2.71. The second-order valence-corrected chi connectivity index (χ2v) is 5.98. The minimum atomic E-state index is 0.854. The Kier molecular flexibility index (Phi) is 5.49. The number of nitrogens with zero attached hydrogens (tertiary/aromatic N) is 3. The van der Waals surface area contributed by atoms with E-state index in [4.69, 9.17) is 4.98 Å². The van der Waals surface area contributed by atoms with Crippen molar-refractivity contribution in [3.8, 4) is 22.4 Å². The molecule has 0 aliphatic rings. The number of aromatic nitrogens is 2. The number of aliphatic imine (C=N–C) groups is 1. The summed E-state index contributed by atoms with van der Waals surface area (Å²) in [5.74, 6) is 0. The second kappa shape index (κ2) is 8.17. The van der Waals surface area contributed by atoms with Crippen LogP contribution in [0.3, 0.4) is 0 Å². The molecule has 0 aliphatic carbocycles. The van der Waals surface area contributed by atoms with E-state index in [0.717, 1.165) is 33.7 Å². The predicted octanol–water partition coefficient (Wildman–Crippen LogP) is 5.39. The highest BCUT2D eigenvalue weighted by molar-refractivity contribution is 6.09. The Hall–Kier alpha value is -3.33. The van der Waals surface area contributed by atoms with Gasteiger partial charge >= 0.3 is 0 Å². The first-order valence-electron chi connectivity index (χ1n) is 8.46. The van der Waals surface area contributed by atoms with Crippen LogP contribution in [0.25, 0.3) is 28.0 Å². The van der Waals surface area contributed by atoms with Crippen molar-refractivity contribution in [2.45, 2.75) is 6.92 Å². The van der Waals surface area contributed by atoms with E-state index >= 15 is 0 Å². The van der Waals surface area contributed by atoms with Gasteiger partial charge in [0.15, 0.2) is 0 Å². The highest BCUT2D eigenvalue weighted by Crippen LogP contribution is 2.28. The molecular formula is C23H21N3. The van der Waals surface area contributed by atoms with E-state index < -0.39 is 0 Å². The summed E-state index contributed by atoms with van der Waals surface area (Å²) in [4.78, 5) is 13.2. The number of hydrogen-bond acceptors (Lipinski definition) is 3. The van der Waals surface area contributed by atoms with Crippen LogP contribution < -0.4 is 0 Å². The Bertz CT molecular complexity index is 953. The molecule has 3 aromatic rings. The van der Waals surface area contributed by atoms with Gasteiger partial charge in [-0.05, 0) is 42.3 Å². The van der Waals surface area contributed by atoms with E-state index in [1.807, 2.05) is 24.4 Å². The quantitative estimate of drug-likeness (QED) is 0.462. The number of pyridine rings is 2. The minimum absolute atomic E-state index is 0.854. The Balaban J connectivity index is 2.21. The summed E-state index contributed by atoms with van der Waals surface area (Å²) >= 11 is 0. The fraction of sp³-hybridized carbons (Fsp3) is 0.0870. The summed E-state index contributed by atoms with van der Waals surface area (Å²) in [6, 6.07) is 16.6. The van der Waals surface area contributed by atoms with Gasteiger partial charge in [0.2, 0.25) is 0 Å². The topological polar surface area (TPSA) is 38.1 Å². The van der Waals surface area contributed by atoms with E-state index in [1.54, 1.807) is 25.5 Å². The molecule has 3 rings (SSSR count). The largest absolute Gasteiger partial charge is 0.296 e. The second-order valence-electron chi connectivity index (χ2n) is 5.98. The van der Waals surface area contributed by atoms with Gasteiger partial charge < -0.3 is 0 Å². The molecule has 0 bridgehead atoms. The number of allylic oxidation sites excluding steroid dienone is 3. The normalized spacial score (nSPS) is 11.7. The van der Waals surface area contributed by atoms with Crippen LogP contribution in [0.4, 0.5) is 0 Å². The smallest absolute Gasteiger partial charge is 0.0731 e. The predicted molar refractivity (Wildman–Crippen MR) is 110 cm³/mol. The fourth-order valence-corrected chi connectivity index (χ4v) is 2.71. The molecule has 2 aromatic heterocycles. The number of rotatable bonds is 5. The Morgan fingerprint density at radius 2 is 1.85 bits per heavy atom. The van der Waals surface area contributed by atoms with Crippen molar-refractivity contribution < 1.29 is 0 Å². The van der Waals surface area contributed by atoms with Gasteiger partial charge in [0.25, 0.3) is 0 Å². The third kappa shape index (κ3) is 4.01. The van der Waals surface area contributed by atoms with Crippen LogP contribution in [0.5, 0.6) is 0 Å². The number of aryl methyl sites for hydroxylation is 1. The lowest BCUT2D eigenvalue weighted by Crippen LogP contribution is -1.96. The molecule has 1 aromatic carbocycles. The third-order valence-corrected chi connectivity index (χ3v) is 4.03. The average Bonchev–Trinajstić information content (AvgIpc) is 2.69. The lowest BCUT2D eigenvalue weighted by atomic mass is 10.00. The maximum Gasteiger partial charge on any atom is 0.0731 e. The molecule has 128 valence electrons. The van der Waals surface area contributed by atoms with Gasteiger partial charge in [-0.15, -0.1) is 0 Å². The molecule has 26 heavy (non-hydrogen) atoms. The maximum absolute atomic E-state index is 4.84. The number of hydrogen-bond donors (Lipinski definition) is 0. The monoisotopic (exact) mass is 339 g/mol. The van der Waals surface area contributed by atoms with Crippen LogP contribution in [-0.2, 0) is 0 Å². The summed E-state index contributed by atoms with van der Waals surface area (Å²) in [7, 11) is 1.75. The van der Waals surface area contributed by atoms with Crippen molar-refractivity contribution in [1.29, 1.82) is 0 Å². The molecule has 0 atom stereocenters. The van der Waals surface area contributed by atoms with Crippen LogP contribution in [0.1, 0.15) is 11.3 Å². The molecule has 0 aliphatic heterocycles. The van der Waals surface area contributed by atoms with Gasteiger partial charge in [-0.2, -0.15) is 0 Å². The molecule has 0 saturated carbocycles. The highest BCUT2D eigenvalue weighted by atomic mass is 14.7. The van der Waals surface area contributed by atoms with Gasteiger partial charge in [0.05, 0.1) is 11.4 Å². The molecular weight excluding hydrogens is 318 g/mol. The van der Waals surface area contributed by atoms with Crippen LogP contribution in [-0.4, -0.2) is 23.2 Å². The molecule has 3 nitrogen and oxygen atoms in total. The third-order valence-electron chi connectivity index (χ3n) is 4.03. The summed E-state index contributed by atoms with van der Waals surface area (Å²) in [5, 5.41) is 0. The summed E-state index contributed by atoms with van der Waals surface area (Å²) in [6.07, 6.45) is 9.06. The molecule has 0 amide bonds. The van der Waals surface area contributed by atoms with Crippen LogP contribution >= 0.6 is 0 Å². The van der Waals surface area contributed by atoms with Crippen LogP contribution in [0, 0.1) is 6.92 Å². The minimum Gasteiger partial charge on any atom is -0.296 e. The van der Waals surface area contributed by atoms with E-state index in [2.05, 4.69) is 59.9 Å². The molecule has 2 heterocycles. The molecule has 3 heteroatoms. The van der Waals surface area contributed by atoms with Gasteiger partial charge in [0.1, 0.15) is 0 Å². The van der Waals surface area contributed by atoms with Gasteiger partial charge in [0, 0.05) is 36.8 Å². The van der Waals surface area contributed by atoms with Crippen molar-refractivity contribution in [2.24, 2.45) is 4.99 Å². The first kappa shape index (κ1) is 17.5. The Morgan fingerprint density at radius 3 is 2.50 bits per heavy atom. The molecule has 0 unspecified atom stereocenters. The van der Waals surface area contributed by atoms with Crippen molar-refractivity contribution >= 4 is 11.8 Å². The molecule has 0 N–H and O–H groups in total. The van der Waals surface area contributed by atoms with Gasteiger partial charge in [-0.1, -0.05) is 48.6 Å². The lowest BCUT2D eigenvalue weighted by molar-refractivity contribution is 1.26. The van der Waals surface area contributed by atoms with Crippen LogP contribution in [0.15, 0.2) is 84.6 Å².